The molecule has 0 bridgehead atoms. The van der Waals surface area contributed by atoms with Gasteiger partial charge in [0.2, 0.25) is 0 Å². The Morgan fingerprint density at radius 3 is 2.03 bits per heavy atom. The van der Waals surface area contributed by atoms with Gasteiger partial charge in [-0.05, 0) is 72.8 Å². The number of methoxy groups -OCH3 is 1. The zero-order chi connectivity index (χ0) is 25.2. The van der Waals surface area contributed by atoms with Crippen LogP contribution in [-0.2, 0) is 0 Å². The molecule has 0 fully saturated rings. The maximum atomic E-state index is 13.6. The Kier molecular flexibility index (Phi) is 6.08. The summed E-state index contributed by atoms with van der Waals surface area (Å²) >= 11 is 1.67. The molecule has 0 radical (unpaired) electrons. The molecule has 4 aromatic carbocycles. The molecule has 0 saturated carbocycles. The van der Waals surface area contributed by atoms with E-state index in [1.807, 2.05) is 115 Å². The second-order valence-electron chi connectivity index (χ2n) is 8.52. The Bertz CT molecular complexity index is 1560. The van der Waals surface area contributed by atoms with Gasteiger partial charge in [-0.15, -0.1) is 0 Å². The number of para-hydroxylation sites is 2. The number of pyridine rings is 1. The molecule has 1 aromatic heterocycles. The van der Waals surface area contributed by atoms with Crippen molar-refractivity contribution in [2.45, 2.75) is 9.79 Å². The monoisotopic (exact) mass is 501 g/mol. The van der Waals surface area contributed by atoms with Crippen LogP contribution in [0.15, 0.2) is 125 Å². The summed E-state index contributed by atoms with van der Waals surface area (Å²) in [6, 6.07) is 37.3. The first kappa shape index (κ1) is 22.9. The lowest BCUT2D eigenvalue weighted by atomic mass is 10.1. The minimum absolute atomic E-state index is 0.211. The summed E-state index contributed by atoms with van der Waals surface area (Å²) in [5, 5.41) is 3.10. The van der Waals surface area contributed by atoms with E-state index in [1.54, 1.807) is 23.8 Å². The molecule has 1 aliphatic rings. The molecule has 2 amide bonds. The van der Waals surface area contributed by atoms with E-state index in [0.717, 1.165) is 49.4 Å². The molecule has 2 heterocycles. The fourth-order valence-corrected chi connectivity index (χ4v) is 5.44. The van der Waals surface area contributed by atoms with Crippen LogP contribution < -0.4 is 15.0 Å². The number of carbonyl (C=O) groups excluding carboxylic acids is 1. The number of aromatic nitrogens is 1. The highest BCUT2D eigenvalue weighted by molar-refractivity contribution is 7.99. The Balaban J connectivity index is 1.29. The first-order valence-corrected chi connectivity index (χ1v) is 12.7. The molecule has 180 valence electrons. The number of fused-ring (bicyclic) bond motifs is 2. The van der Waals surface area contributed by atoms with E-state index >= 15 is 0 Å². The Hall–Kier alpha value is -4.55. The van der Waals surface area contributed by atoms with Crippen molar-refractivity contribution >= 4 is 34.9 Å². The second-order valence-corrected chi connectivity index (χ2v) is 9.60. The van der Waals surface area contributed by atoms with Gasteiger partial charge in [0.05, 0.1) is 29.9 Å². The average molecular weight is 502 g/mol. The number of nitrogens with one attached hydrogen (secondary N) is 1. The number of hydrogen-bond donors (Lipinski definition) is 1. The van der Waals surface area contributed by atoms with Gasteiger partial charge in [-0.25, -0.2) is 9.78 Å². The van der Waals surface area contributed by atoms with Crippen LogP contribution in [0.4, 0.5) is 21.9 Å². The summed E-state index contributed by atoms with van der Waals surface area (Å²) in [4.78, 5) is 22.3. The van der Waals surface area contributed by atoms with E-state index in [-0.39, 0.29) is 6.03 Å². The minimum atomic E-state index is -0.211. The minimum Gasteiger partial charge on any atom is -0.497 e. The average Bonchev–Trinajstić information content (AvgIpc) is 2.96. The van der Waals surface area contributed by atoms with Gasteiger partial charge in [0, 0.05) is 26.6 Å². The molecule has 1 aliphatic heterocycles. The van der Waals surface area contributed by atoms with Crippen molar-refractivity contribution in [3.05, 3.63) is 115 Å². The van der Waals surface area contributed by atoms with Gasteiger partial charge in [-0.3, -0.25) is 4.90 Å². The van der Waals surface area contributed by atoms with Crippen molar-refractivity contribution in [3.63, 3.8) is 0 Å². The van der Waals surface area contributed by atoms with E-state index in [1.165, 1.54) is 0 Å². The number of rotatable bonds is 4. The van der Waals surface area contributed by atoms with Crippen LogP contribution >= 0.6 is 11.8 Å². The van der Waals surface area contributed by atoms with Crippen LogP contribution in [0.1, 0.15) is 0 Å². The third-order valence-electron chi connectivity index (χ3n) is 6.18. The van der Waals surface area contributed by atoms with Crippen LogP contribution in [0.25, 0.3) is 22.5 Å². The van der Waals surface area contributed by atoms with Crippen LogP contribution in [-0.4, -0.2) is 18.1 Å². The fourth-order valence-electron chi connectivity index (χ4n) is 4.38. The quantitative estimate of drug-likeness (QED) is 0.269. The maximum absolute atomic E-state index is 13.6. The molecule has 6 heteroatoms. The van der Waals surface area contributed by atoms with Gasteiger partial charge in [0.1, 0.15) is 5.75 Å². The van der Waals surface area contributed by atoms with Gasteiger partial charge >= 0.3 is 6.03 Å². The smallest absolute Gasteiger partial charge is 0.331 e. The zero-order valence-electron chi connectivity index (χ0n) is 20.1. The highest BCUT2D eigenvalue weighted by atomic mass is 32.2. The third-order valence-corrected chi connectivity index (χ3v) is 7.31. The zero-order valence-corrected chi connectivity index (χ0v) is 20.9. The lowest BCUT2D eigenvalue weighted by Crippen LogP contribution is -2.32. The molecule has 5 aromatic rings. The Morgan fingerprint density at radius 2 is 1.35 bits per heavy atom. The van der Waals surface area contributed by atoms with Crippen LogP contribution in [0, 0.1) is 0 Å². The molecule has 5 nitrogen and oxygen atoms in total. The van der Waals surface area contributed by atoms with Gasteiger partial charge in [-0.1, -0.05) is 54.2 Å². The Labute approximate surface area is 219 Å². The van der Waals surface area contributed by atoms with E-state index in [4.69, 9.17) is 9.72 Å². The third kappa shape index (κ3) is 4.55. The fraction of sp³-hybridized carbons (Fsp3) is 0.0323. The van der Waals surface area contributed by atoms with Crippen molar-refractivity contribution < 1.29 is 9.53 Å². The predicted molar refractivity (Wildman–Crippen MR) is 150 cm³/mol. The molecule has 1 N–H and O–H groups in total. The van der Waals surface area contributed by atoms with Crippen LogP contribution in [0.2, 0.25) is 0 Å². The van der Waals surface area contributed by atoms with Crippen molar-refractivity contribution in [3.8, 4) is 28.3 Å². The summed E-state index contributed by atoms with van der Waals surface area (Å²) in [7, 11) is 1.65. The van der Waals surface area contributed by atoms with Crippen molar-refractivity contribution in [1.82, 2.24) is 4.98 Å². The predicted octanol–water partition coefficient (Wildman–Crippen LogP) is 8.26. The van der Waals surface area contributed by atoms with Gasteiger partial charge in [0.15, 0.2) is 0 Å². The highest BCUT2D eigenvalue weighted by Gasteiger charge is 2.28. The van der Waals surface area contributed by atoms with Crippen LogP contribution in [0.5, 0.6) is 5.75 Å². The molecular formula is C31H23N3O2S. The van der Waals surface area contributed by atoms with E-state index in [2.05, 4.69) is 5.32 Å². The van der Waals surface area contributed by atoms with Gasteiger partial charge in [0.25, 0.3) is 0 Å². The first-order chi connectivity index (χ1) is 18.2. The molecule has 0 saturated heterocycles. The van der Waals surface area contributed by atoms with Gasteiger partial charge < -0.3 is 10.1 Å². The number of carbonyl (C=O) groups is 1. The van der Waals surface area contributed by atoms with Crippen molar-refractivity contribution in [1.29, 1.82) is 0 Å². The molecule has 0 spiro atoms. The molecular weight excluding hydrogens is 478 g/mol. The number of anilines is 3. The highest BCUT2D eigenvalue weighted by Crippen LogP contribution is 2.48. The molecule has 0 aliphatic carbocycles. The van der Waals surface area contributed by atoms with E-state index in [9.17, 15) is 4.79 Å². The number of benzene rings is 4. The number of amides is 2. The summed E-state index contributed by atoms with van der Waals surface area (Å²) in [5.74, 6) is 0.806. The largest absolute Gasteiger partial charge is 0.497 e. The maximum Gasteiger partial charge on any atom is 0.331 e. The number of ether oxygens (including phenoxy) is 1. The first-order valence-electron chi connectivity index (χ1n) is 11.9. The van der Waals surface area contributed by atoms with E-state index in [0.29, 0.717) is 5.69 Å². The van der Waals surface area contributed by atoms with Crippen LogP contribution in [0.3, 0.4) is 0 Å². The summed E-state index contributed by atoms with van der Waals surface area (Å²) in [6.45, 7) is 0. The van der Waals surface area contributed by atoms with Gasteiger partial charge in [-0.2, -0.15) is 0 Å². The normalized spacial score (nSPS) is 11.9. The Morgan fingerprint density at radius 1 is 0.730 bits per heavy atom. The molecule has 0 atom stereocenters. The summed E-state index contributed by atoms with van der Waals surface area (Å²) in [6.07, 6.45) is 0. The number of urea groups is 1. The molecule has 6 rings (SSSR count). The number of hydrogen-bond acceptors (Lipinski definition) is 4. The molecule has 0 unspecified atom stereocenters. The molecule has 37 heavy (non-hydrogen) atoms. The van der Waals surface area contributed by atoms with Crippen molar-refractivity contribution in [2.75, 3.05) is 17.3 Å². The topological polar surface area (TPSA) is 54.5 Å². The van der Waals surface area contributed by atoms with Crippen molar-refractivity contribution in [2.24, 2.45) is 0 Å². The standard InChI is InChI=1S/C31H23N3O2S/c1-36-24-18-16-21(17-19-24)25-10-7-11-26(33-25)22-8-6-9-23(20-22)32-31(35)34-27-12-2-4-14-29(27)37-30-15-5-3-13-28(30)34/h2-20H,1H3,(H,32,35). The second kappa shape index (κ2) is 9.84. The lowest BCUT2D eigenvalue weighted by Gasteiger charge is -2.31. The van der Waals surface area contributed by atoms with E-state index < -0.39 is 0 Å². The summed E-state index contributed by atoms with van der Waals surface area (Å²) < 4.78 is 5.27. The summed E-state index contributed by atoms with van der Waals surface area (Å²) in [5.41, 5.74) is 6.06. The number of nitrogens with zero attached hydrogens (tertiary/aromatic N) is 2. The SMILES string of the molecule is COc1ccc(-c2cccc(-c3cccc(NC(=O)N4c5ccccc5Sc5ccccc54)c3)n2)cc1. The lowest BCUT2D eigenvalue weighted by molar-refractivity contribution is 0.259.